The van der Waals surface area contributed by atoms with E-state index in [1.54, 1.807) is 22.3 Å². The van der Waals surface area contributed by atoms with E-state index in [9.17, 15) is 0 Å². The maximum Gasteiger partial charge on any atom is 0.0714 e. The topological polar surface area (TPSA) is 0 Å². The second kappa shape index (κ2) is 22.8. The molecule has 0 fully saturated rings. The van der Waals surface area contributed by atoms with Crippen molar-refractivity contribution in [3.8, 4) is 11.1 Å². The first-order valence-electron chi connectivity index (χ1n) is 24.4. The van der Waals surface area contributed by atoms with E-state index < -0.39 is 5.41 Å². The van der Waals surface area contributed by atoms with Crippen molar-refractivity contribution in [1.82, 2.24) is 0 Å². The predicted octanol–water partition coefficient (Wildman–Crippen LogP) is 17.3. The Kier molecular flexibility index (Phi) is 18.0. The summed E-state index contributed by atoms with van der Waals surface area (Å²) in [6, 6.07) is 31.1. The molecule has 58 heavy (non-hydrogen) atoms. The summed E-state index contributed by atoms with van der Waals surface area (Å²) in [4.78, 5) is 0. The van der Waals surface area contributed by atoms with Crippen LogP contribution in [0.5, 0.6) is 0 Å². The summed E-state index contributed by atoms with van der Waals surface area (Å²) < 4.78 is 0. The fraction of sp³-hybridized carbons (Fsp3) is 0.552. The number of hydrogen-bond acceptors (Lipinski definition) is 0. The van der Waals surface area contributed by atoms with Crippen molar-refractivity contribution in [3.63, 3.8) is 0 Å². The molecular formula is C58H82. The summed E-state index contributed by atoms with van der Waals surface area (Å²) in [6.45, 7) is 18.7. The maximum atomic E-state index is 2.69. The molecule has 0 heteroatoms. The average Bonchev–Trinajstić information content (AvgIpc) is 3.51. The smallest absolute Gasteiger partial charge is 0.0714 e. The highest BCUT2D eigenvalue weighted by Crippen LogP contribution is 2.57. The van der Waals surface area contributed by atoms with E-state index in [4.69, 9.17) is 0 Å². The zero-order chi connectivity index (χ0) is 41.4. The van der Waals surface area contributed by atoms with Crippen LogP contribution in [-0.2, 0) is 42.9 Å². The molecule has 0 bridgehead atoms. The Morgan fingerprint density at radius 3 is 1.24 bits per heavy atom. The summed E-state index contributed by atoms with van der Waals surface area (Å²) in [5.74, 6) is 0. The highest BCUT2D eigenvalue weighted by Gasteiger charge is 2.47. The first kappa shape index (κ1) is 45.7. The average molecular weight is 779 g/mol. The van der Waals surface area contributed by atoms with Crippen molar-refractivity contribution in [2.75, 3.05) is 0 Å². The third-order valence-corrected chi connectivity index (χ3v) is 13.2. The van der Waals surface area contributed by atoms with E-state index >= 15 is 0 Å². The van der Waals surface area contributed by atoms with E-state index in [1.165, 1.54) is 147 Å². The zero-order valence-electron chi connectivity index (χ0n) is 38.6. The number of aryl methyl sites for hydroxylation is 5. The van der Waals surface area contributed by atoms with Gasteiger partial charge in [-0.25, -0.2) is 0 Å². The summed E-state index contributed by atoms with van der Waals surface area (Å²) >= 11 is 0. The van der Waals surface area contributed by atoms with E-state index in [0.29, 0.717) is 0 Å². The van der Waals surface area contributed by atoms with Gasteiger partial charge in [0.15, 0.2) is 0 Å². The minimum Gasteiger partial charge on any atom is -0.0917 e. The fourth-order valence-corrected chi connectivity index (χ4v) is 9.76. The van der Waals surface area contributed by atoms with Crippen molar-refractivity contribution in [3.05, 3.63) is 141 Å². The number of hydrogen-bond donors (Lipinski definition) is 0. The lowest BCUT2D eigenvalue weighted by Gasteiger charge is -2.36. The molecule has 0 saturated heterocycles. The SMILES string of the molecule is C/C=C\CCc1ccc2c(c1)C(c1cc(CCCCCC)cc(CCCCCC)c1)(c1cc(CCCCCC)cc(CCCCCC)c1)c1cc(C(C)(C)C)ccc1-2. The van der Waals surface area contributed by atoms with Crippen LogP contribution >= 0.6 is 0 Å². The quantitative estimate of drug-likeness (QED) is 0.0409. The standard InChI is InChI=1S/C58H82/c1-9-14-19-24-29-46-37-47(30-25-20-15-10-2)40-51(39-46)58(52-41-48(31-26-21-16-11-3)38-49(42-52)32-27-22-17-12-4)55-43-45(28-23-18-13-5)33-35-53(55)54-36-34-50(44-56(54)58)57(6,7)8/h13,18,33-44H,9-12,14-17,19-32H2,1-8H3/b18-13-. The van der Waals surface area contributed by atoms with Crippen molar-refractivity contribution in [1.29, 1.82) is 0 Å². The van der Waals surface area contributed by atoms with Gasteiger partial charge in [0, 0.05) is 0 Å². The molecule has 0 atom stereocenters. The molecule has 0 spiro atoms. The molecule has 0 aliphatic heterocycles. The van der Waals surface area contributed by atoms with Gasteiger partial charge in [0.1, 0.15) is 0 Å². The van der Waals surface area contributed by atoms with Crippen LogP contribution in [0.2, 0.25) is 0 Å². The Morgan fingerprint density at radius 2 is 0.845 bits per heavy atom. The molecule has 0 saturated carbocycles. The van der Waals surface area contributed by atoms with Gasteiger partial charge in [-0.1, -0.05) is 210 Å². The van der Waals surface area contributed by atoms with Crippen LogP contribution in [0, 0.1) is 0 Å². The molecular weight excluding hydrogens is 697 g/mol. The third-order valence-electron chi connectivity index (χ3n) is 13.2. The largest absolute Gasteiger partial charge is 0.0917 e. The molecule has 0 amide bonds. The van der Waals surface area contributed by atoms with Gasteiger partial charge < -0.3 is 0 Å². The maximum absolute atomic E-state index is 2.69. The lowest BCUT2D eigenvalue weighted by Crippen LogP contribution is -2.30. The Labute approximate surface area is 357 Å². The molecule has 1 aliphatic rings. The zero-order valence-corrected chi connectivity index (χ0v) is 38.6. The summed E-state index contributed by atoms with van der Waals surface area (Å²) in [6.07, 6.45) is 32.1. The van der Waals surface area contributed by atoms with Gasteiger partial charge in [-0.2, -0.15) is 0 Å². The van der Waals surface area contributed by atoms with Crippen LogP contribution in [0.3, 0.4) is 0 Å². The Bertz CT molecular complexity index is 1740. The Hall–Kier alpha value is -3.38. The monoisotopic (exact) mass is 779 g/mol. The van der Waals surface area contributed by atoms with Gasteiger partial charge in [0.05, 0.1) is 5.41 Å². The molecule has 4 aromatic rings. The molecule has 0 heterocycles. The summed E-state index contributed by atoms with van der Waals surface area (Å²) in [5, 5.41) is 0. The molecule has 0 nitrogen and oxygen atoms in total. The predicted molar refractivity (Wildman–Crippen MR) is 257 cm³/mol. The van der Waals surface area contributed by atoms with Gasteiger partial charge in [0.2, 0.25) is 0 Å². The summed E-state index contributed by atoms with van der Waals surface area (Å²) in [5.41, 5.74) is 17.6. The Balaban J connectivity index is 1.86. The van der Waals surface area contributed by atoms with E-state index in [2.05, 4.69) is 140 Å². The first-order chi connectivity index (χ1) is 28.2. The third kappa shape index (κ3) is 11.7. The van der Waals surface area contributed by atoms with Crippen molar-refractivity contribution >= 4 is 0 Å². The van der Waals surface area contributed by atoms with Gasteiger partial charge >= 0.3 is 0 Å². The molecule has 0 radical (unpaired) electrons. The highest BCUT2D eigenvalue weighted by atomic mass is 14.5. The van der Waals surface area contributed by atoms with Crippen LogP contribution in [-0.4, -0.2) is 0 Å². The molecule has 1 aliphatic carbocycles. The minimum absolute atomic E-state index is 0.0460. The van der Waals surface area contributed by atoms with Crippen molar-refractivity contribution < 1.29 is 0 Å². The Morgan fingerprint density at radius 1 is 0.431 bits per heavy atom. The van der Waals surface area contributed by atoms with Crippen LogP contribution in [0.15, 0.2) is 84.9 Å². The number of fused-ring (bicyclic) bond motifs is 3. The second-order valence-electron chi connectivity index (χ2n) is 19.1. The first-order valence-corrected chi connectivity index (χ1v) is 24.4. The van der Waals surface area contributed by atoms with Gasteiger partial charge in [-0.15, -0.1) is 0 Å². The normalized spacial score (nSPS) is 13.4. The van der Waals surface area contributed by atoms with Crippen molar-refractivity contribution in [2.45, 2.75) is 207 Å². The molecule has 0 N–H and O–H groups in total. The van der Waals surface area contributed by atoms with Crippen LogP contribution in [0.25, 0.3) is 11.1 Å². The summed E-state index contributed by atoms with van der Waals surface area (Å²) in [7, 11) is 0. The molecule has 4 aromatic carbocycles. The number of unbranched alkanes of at least 4 members (excludes halogenated alkanes) is 12. The van der Waals surface area contributed by atoms with E-state index in [0.717, 1.165) is 38.5 Å². The number of benzene rings is 4. The molecule has 0 aromatic heterocycles. The van der Waals surface area contributed by atoms with E-state index in [1.807, 2.05) is 0 Å². The lowest BCUT2D eigenvalue weighted by atomic mass is 9.65. The molecule has 5 rings (SSSR count). The van der Waals surface area contributed by atoms with Crippen molar-refractivity contribution in [2.24, 2.45) is 0 Å². The highest BCUT2D eigenvalue weighted by molar-refractivity contribution is 5.87. The molecule has 314 valence electrons. The second-order valence-corrected chi connectivity index (χ2v) is 19.1. The minimum atomic E-state index is -0.391. The van der Waals surface area contributed by atoms with Crippen LogP contribution in [0.4, 0.5) is 0 Å². The molecule has 0 unspecified atom stereocenters. The van der Waals surface area contributed by atoms with Crippen LogP contribution < -0.4 is 0 Å². The van der Waals surface area contributed by atoms with Gasteiger partial charge in [0.25, 0.3) is 0 Å². The van der Waals surface area contributed by atoms with Crippen LogP contribution in [0.1, 0.15) is 220 Å². The number of allylic oxidation sites excluding steroid dienone is 2. The van der Waals surface area contributed by atoms with Gasteiger partial charge in [-0.3, -0.25) is 0 Å². The fourth-order valence-electron chi connectivity index (χ4n) is 9.76. The van der Waals surface area contributed by atoms with Gasteiger partial charge in [-0.05, 0) is 143 Å². The lowest BCUT2D eigenvalue weighted by molar-refractivity contribution is 0.588. The van der Waals surface area contributed by atoms with E-state index in [-0.39, 0.29) is 5.41 Å². The number of rotatable bonds is 25.